The number of esters is 2. The molecule has 0 atom stereocenters. The Hall–Kier alpha value is -2.62. The van der Waals surface area contributed by atoms with Crippen LogP contribution in [0.2, 0.25) is 0 Å². The molecule has 1 aromatic carbocycles. The molecule has 2 rings (SSSR count). The molecule has 0 spiro atoms. The molecular weight excluding hydrogens is 350 g/mol. The third-order valence-corrected chi connectivity index (χ3v) is 3.40. The molecule has 0 saturated carbocycles. The summed E-state index contributed by atoms with van der Waals surface area (Å²) < 4.78 is 66.5. The van der Waals surface area contributed by atoms with E-state index in [9.17, 15) is 27.2 Å². The standard InChI is InChI=1S/C15H13F4NO5/c1-23-13(21)9-6-25-7-20(12(9)14(22)24-2)11-4-3-8(5-10(11)16)15(17,18)19/h3-5H,6-7H2,1-2H3. The lowest BCUT2D eigenvalue weighted by Gasteiger charge is -2.31. The second-order valence-corrected chi connectivity index (χ2v) is 4.88. The SMILES string of the molecule is COC(=O)C1=C(C(=O)OC)N(c2ccc(C(F)(F)F)cc2F)COC1. The van der Waals surface area contributed by atoms with Crippen molar-refractivity contribution in [3.63, 3.8) is 0 Å². The van der Waals surface area contributed by atoms with Crippen molar-refractivity contribution in [1.82, 2.24) is 0 Å². The topological polar surface area (TPSA) is 65.1 Å². The summed E-state index contributed by atoms with van der Waals surface area (Å²) in [4.78, 5) is 24.8. The van der Waals surface area contributed by atoms with Crippen molar-refractivity contribution in [3.8, 4) is 0 Å². The van der Waals surface area contributed by atoms with Crippen LogP contribution in [0.5, 0.6) is 0 Å². The summed E-state index contributed by atoms with van der Waals surface area (Å²) in [6, 6.07) is 1.78. The molecule has 0 bridgehead atoms. The molecule has 0 N–H and O–H groups in total. The number of carbonyl (C=O) groups is 2. The Kier molecular flexibility index (Phi) is 5.31. The number of anilines is 1. The fourth-order valence-corrected chi connectivity index (χ4v) is 2.24. The van der Waals surface area contributed by atoms with Gasteiger partial charge in [0.05, 0.1) is 37.7 Å². The fraction of sp³-hybridized carbons (Fsp3) is 0.333. The molecule has 0 unspecified atom stereocenters. The second kappa shape index (κ2) is 7.09. The summed E-state index contributed by atoms with van der Waals surface area (Å²) >= 11 is 0. The van der Waals surface area contributed by atoms with Crippen LogP contribution >= 0.6 is 0 Å². The number of carbonyl (C=O) groups excluding carboxylic acids is 2. The van der Waals surface area contributed by atoms with Gasteiger partial charge >= 0.3 is 18.1 Å². The predicted octanol–water partition coefficient (Wildman–Crippen LogP) is 2.24. The van der Waals surface area contributed by atoms with Crippen LogP contribution in [0.25, 0.3) is 0 Å². The van der Waals surface area contributed by atoms with Crippen LogP contribution in [0.4, 0.5) is 23.2 Å². The van der Waals surface area contributed by atoms with Gasteiger partial charge in [0.25, 0.3) is 0 Å². The van der Waals surface area contributed by atoms with Crippen LogP contribution in [0, 0.1) is 5.82 Å². The van der Waals surface area contributed by atoms with Gasteiger partial charge in [0.1, 0.15) is 18.2 Å². The van der Waals surface area contributed by atoms with Gasteiger partial charge in [-0.05, 0) is 18.2 Å². The highest BCUT2D eigenvalue weighted by atomic mass is 19.4. The van der Waals surface area contributed by atoms with E-state index >= 15 is 0 Å². The van der Waals surface area contributed by atoms with E-state index in [1.807, 2.05) is 0 Å². The summed E-state index contributed by atoms with van der Waals surface area (Å²) in [5.41, 5.74) is -2.17. The number of alkyl halides is 3. The van der Waals surface area contributed by atoms with E-state index in [2.05, 4.69) is 9.47 Å². The Morgan fingerprint density at radius 1 is 1.16 bits per heavy atom. The third kappa shape index (κ3) is 3.73. The number of hydrogen-bond acceptors (Lipinski definition) is 6. The van der Waals surface area contributed by atoms with E-state index in [1.54, 1.807) is 0 Å². The van der Waals surface area contributed by atoms with Crippen LogP contribution in [0.15, 0.2) is 29.5 Å². The highest BCUT2D eigenvalue weighted by molar-refractivity contribution is 6.03. The van der Waals surface area contributed by atoms with Gasteiger partial charge in [-0.3, -0.25) is 0 Å². The molecule has 1 aromatic rings. The normalized spacial score (nSPS) is 15.2. The van der Waals surface area contributed by atoms with Crippen LogP contribution in [0.3, 0.4) is 0 Å². The minimum Gasteiger partial charge on any atom is -0.466 e. The van der Waals surface area contributed by atoms with Crippen LogP contribution in [-0.2, 0) is 30.0 Å². The molecule has 1 aliphatic heterocycles. The van der Waals surface area contributed by atoms with E-state index in [1.165, 1.54) is 0 Å². The van der Waals surface area contributed by atoms with Gasteiger partial charge < -0.3 is 19.1 Å². The minimum atomic E-state index is -4.73. The maximum Gasteiger partial charge on any atom is 0.416 e. The Balaban J connectivity index is 2.56. The van der Waals surface area contributed by atoms with Gasteiger partial charge in [0, 0.05) is 0 Å². The molecule has 10 heteroatoms. The first-order chi connectivity index (χ1) is 11.7. The lowest BCUT2D eigenvalue weighted by atomic mass is 10.1. The maximum absolute atomic E-state index is 14.2. The molecule has 0 aliphatic carbocycles. The first-order valence-corrected chi connectivity index (χ1v) is 6.82. The summed E-state index contributed by atoms with van der Waals surface area (Å²) in [6.07, 6.45) is -4.73. The monoisotopic (exact) mass is 363 g/mol. The maximum atomic E-state index is 14.2. The van der Waals surface area contributed by atoms with Gasteiger partial charge in [-0.2, -0.15) is 13.2 Å². The number of benzene rings is 1. The van der Waals surface area contributed by atoms with Gasteiger partial charge in [-0.25, -0.2) is 14.0 Å². The van der Waals surface area contributed by atoms with Gasteiger partial charge in [0.15, 0.2) is 0 Å². The second-order valence-electron chi connectivity index (χ2n) is 4.88. The number of hydrogen-bond donors (Lipinski definition) is 0. The van der Waals surface area contributed by atoms with E-state index in [4.69, 9.17) is 4.74 Å². The van der Waals surface area contributed by atoms with Gasteiger partial charge in [-0.15, -0.1) is 0 Å². The third-order valence-electron chi connectivity index (χ3n) is 3.40. The zero-order valence-electron chi connectivity index (χ0n) is 13.1. The Morgan fingerprint density at radius 2 is 1.80 bits per heavy atom. The minimum absolute atomic E-state index is 0.236. The zero-order chi connectivity index (χ0) is 18.8. The van der Waals surface area contributed by atoms with Crippen molar-refractivity contribution in [1.29, 1.82) is 0 Å². The van der Waals surface area contributed by atoms with Crippen molar-refractivity contribution in [2.24, 2.45) is 0 Å². The van der Waals surface area contributed by atoms with Crippen molar-refractivity contribution >= 4 is 17.6 Å². The van der Waals surface area contributed by atoms with Crippen molar-refractivity contribution in [3.05, 3.63) is 40.8 Å². The lowest BCUT2D eigenvalue weighted by Crippen LogP contribution is -2.39. The molecule has 1 aliphatic rings. The highest BCUT2D eigenvalue weighted by Crippen LogP contribution is 2.34. The number of rotatable bonds is 3. The lowest BCUT2D eigenvalue weighted by molar-refractivity contribution is -0.140. The molecule has 0 aromatic heterocycles. The summed E-state index contributed by atoms with van der Waals surface area (Å²) in [7, 11) is 2.11. The van der Waals surface area contributed by atoms with E-state index in [0.29, 0.717) is 6.07 Å². The number of nitrogens with zero attached hydrogens (tertiary/aromatic N) is 1. The van der Waals surface area contributed by atoms with Crippen LogP contribution in [-0.4, -0.2) is 39.5 Å². The summed E-state index contributed by atoms with van der Waals surface area (Å²) in [5, 5.41) is 0. The molecule has 25 heavy (non-hydrogen) atoms. The quantitative estimate of drug-likeness (QED) is 0.606. The molecule has 1 heterocycles. The summed E-state index contributed by atoms with van der Waals surface area (Å²) in [5.74, 6) is -3.13. The molecule has 6 nitrogen and oxygen atoms in total. The molecular formula is C15H13F4NO5. The Morgan fingerprint density at radius 3 is 2.32 bits per heavy atom. The van der Waals surface area contributed by atoms with E-state index in [0.717, 1.165) is 25.2 Å². The molecule has 0 radical (unpaired) electrons. The largest absolute Gasteiger partial charge is 0.466 e. The van der Waals surface area contributed by atoms with Gasteiger partial charge in [0.2, 0.25) is 0 Å². The van der Waals surface area contributed by atoms with E-state index < -0.39 is 29.5 Å². The molecule has 0 fully saturated rings. The number of halogens is 4. The first-order valence-electron chi connectivity index (χ1n) is 6.82. The highest BCUT2D eigenvalue weighted by Gasteiger charge is 2.35. The molecule has 0 saturated heterocycles. The van der Waals surface area contributed by atoms with Gasteiger partial charge in [-0.1, -0.05) is 0 Å². The first kappa shape index (κ1) is 18.7. The number of methoxy groups -OCH3 is 2. The fourth-order valence-electron chi connectivity index (χ4n) is 2.24. The van der Waals surface area contributed by atoms with Crippen LogP contribution in [0.1, 0.15) is 5.56 Å². The Labute approximate surface area is 139 Å². The summed E-state index contributed by atoms with van der Waals surface area (Å²) in [6.45, 7) is -0.664. The number of ether oxygens (including phenoxy) is 3. The van der Waals surface area contributed by atoms with Crippen molar-refractivity contribution in [2.75, 3.05) is 32.5 Å². The molecule has 136 valence electrons. The zero-order valence-corrected chi connectivity index (χ0v) is 13.1. The van der Waals surface area contributed by atoms with E-state index in [-0.39, 0.29) is 36.4 Å². The van der Waals surface area contributed by atoms with Crippen molar-refractivity contribution < 1.29 is 41.4 Å². The average molecular weight is 363 g/mol. The molecule has 0 amide bonds. The Bertz CT molecular complexity index is 729. The predicted molar refractivity (Wildman–Crippen MR) is 75.8 cm³/mol. The van der Waals surface area contributed by atoms with Crippen LogP contribution < -0.4 is 4.90 Å². The smallest absolute Gasteiger partial charge is 0.416 e. The average Bonchev–Trinajstić information content (AvgIpc) is 2.58. The van der Waals surface area contributed by atoms with Crippen molar-refractivity contribution in [2.45, 2.75) is 6.18 Å².